The molecule has 0 saturated carbocycles. The summed E-state index contributed by atoms with van der Waals surface area (Å²) in [5.41, 5.74) is 2.29. The molecule has 1 N–H and O–H groups in total. The normalized spacial score (nSPS) is 11.9. The summed E-state index contributed by atoms with van der Waals surface area (Å²) < 4.78 is 28.9. The van der Waals surface area contributed by atoms with Crippen LogP contribution in [0.25, 0.3) is 0 Å². The molecule has 114 valence electrons. The topological polar surface area (TPSA) is 64.0 Å². The monoisotopic (exact) mass is 307 g/mol. The molecule has 0 atom stereocenters. The van der Waals surface area contributed by atoms with E-state index < -0.39 is 10.0 Å². The predicted molar refractivity (Wildman–Crippen MR) is 83.7 cm³/mol. The third-order valence-corrected chi connectivity index (χ3v) is 4.52. The lowest BCUT2D eigenvalue weighted by Gasteiger charge is -2.09. The summed E-state index contributed by atoms with van der Waals surface area (Å²) in [5, 5.41) is 4.13. The van der Waals surface area contributed by atoms with Crippen molar-refractivity contribution in [3.05, 3.63) is 41.7 Å². The minimum Gasteiger partial charge on any atom is -0.276 e. The van der Waals surface area contributed by atoms with Crippen molar-refractivity contribution in [3.63, 3.8) is 0 Å². The Kier molecular flexibility index (Phi) is 4.37. The fourth-order valence-electron chi connectivity index (χ4n) is 2.18. The van der Waals surface area contributed by atoms with Crippen molar-refractivity contribution in [1.82, 2.24) is 9.78 Å². The van der Waals surface area contributed by atoms with Crippen LogP contribution < -0.4 is 4.72 Å². The third-order valence-electron chi connectivity index (χ3n) is 3.14. The zero-order chi connectivity index (χ0) is 15.6. The van der Waals surface area contributed by atoms with Crippen LogP contribution in [0, 0.1) is 12.8 Å². The highest BCUT2D eigenvalue weighted by Gasteiger charge is 2.16. The van der Waals surface area contributed by atoms with Gasteiger partial charge in [0.1, 0.15) is 0 Å². The molecule has 21 heavy (non-hydrogen) atoms. The molecule has 0 fully saturated rings. The van der Waals surface area contributed by atoms with Crippen LogP contribution in [-0.2, 0) is 23.5 Å². The molecule has 6 heteroatoms. The van der Waals surface area contributed by atoms with Crippen molar-refractivity contribution >= 4 is 15.7 Å². The van der Waals surface area contributed by atoms with Gasteiger partial charge in [0.25, 0.3) is 10.0 Å². The average Bonchev–Trinajstić information content (AvgIpc) is 2.67. The van der Waals surface area contributed by atoms with Crippen LogP contribution in [0.5, 0.6) is 0 Å². The van der Waals surface area contributed by atoms with Crippen molar-refractivity contribution in [2.45, 2.75) is 32.1 Å². The Morgan fingerprint density at radius 3 is 2.33 bits per heavy atom. The van der Waals surface area contributed by atoms with Crippen LogP contribution >= 0.6 is 0 Å². The summed E-state index contributed by atoms with van der Waals surface area (Å²) in [4.78, 5) is 0.262. The van der Waals surface area contributed by atoms with Gasteiger partial charge in [-0.15, -0.1) is 0 Å². The zero-order valence-corrected chi connectivity index (χ0v) is 13.6. The number of sulfonamides is 1. The quantitative estimate of drug-likeness (QED) is 0.923. The van der Waals surface area contributed by atoms with Crippen LogP contribution in [0.3, 0.4) is 0 Å². The van der Waals surface area contributed by atoms with E-state index in [0.717, 1.165) is 12.0 Å². The van der Waals surface area contributed by atoms with Gasteiger partial charge in [-0.25, -0.2) is 8.42 Å². The lowest BCUT2D eigenvalue weighted by Crippen LogP contribution is -2.13. The van der Waals surface area contributed by atoms with Gasteiger partial charge >= 0.3 is 0 Å². The first kappa shape index (κ1) is 15.6. The van der Waals surface area contributed by atoms with E-state index in [0.29, 0.717) is 17.3 Å². The van der Waals surface area contributed by atoms with Gasteiger partial charge in [0.05, 0.1) is 16.3 Å². The number of anilines is 1. The molecule has 0 aliphatic carbocycles. The fourth-order valence-corrected chi connectivity index (χ4v) is 3.28. The Labute approximate surface area is 126 Å². The number of hydrogen-bond donors (Lipinski definition) is 1. The van der Waals surface area contributed by atoms with E-state index >= 15 is 0 Å². The summed E-state index contributed by atoms with van der Waals surface area (Å²) in [5.74, 6) is 0.545. The molecule has 0 aliphatic rings. The number of benzene rings is 1. The first-order valence-electron chi connectivity index (χ1n) is 6.90. The van der Waals surface area contributed by atoms with E-state index in [1.165, 1.54) is 0 Å². The van der Waals surface area contributed by atoms with Gasteiger partial charge in [-0.3, -0.25) is 9.40 Å². The van der Waals surface area contributed by atoms with Gasteiger partial charge < -0.3 is 0 Å². The van der Waals surface area contributed by atoms with Crippen LogP contribution in [-0.4, -0.2) is 18.2 Å². The number of aromatic nitrogens is 2. The summed E-state index contributed by atoms with van der Waals surface area (Å²) in [7, 11) is -1.82. The lowest BCUT2D eigenvalue weighted by atomic mass is 10.0. The standard InChI is InChI=1S/C15H21N3O2S/c1-11(2)9-13-5-7-14(8-6-13)21(19,20)17-15-10-18(4)16-12(15)3/h5-8,10-11,17H,9H2,1-4H3. The second-order valence-electron chi connectivity index (χ2n) is 5.65. The predicted octanol–water partition coefficient (Wildman–Crippen LogP) is 2.73. The van der Waals surface area contributed by atoms with E-state index in [1.54, 1.807) is 37.0 Å². The van der Waals surface area contributed by atoms with Crippen molar-refractivity contribution in [2.24, 2.45) is 13.0 Å². The largest absolute Gasteiger partial charge is 0.276 e. The molecule has 2 aromatic rings. The van der Waals surface area contributed by atoms with E-state index in [2.05, 4.69) is 23.7 Å². The van der Waals surface area contributed by atoms with Gasteiger partial charge in [0, 0.05) is 13.2 Å². The molecule has 0 unspecified atom stereocenters. The van der Waals surface area contributed by atoms with Crippen LogP contribution in [0.15, 0.2) is 35.4 Å². The van der Waals surface area contributed by atoms with E-state index in [-0.39, 0.29) is 4.90 Å². The first-order valence-corrected chi connectivity index (χ1v) is 8.38. The van der Waals surface area contributed by atoms with E-state index in [4.69, 9.17) is 0 Å². The highest BCUT2D eigenvalue weighted by molar-refractivity contribution is 7.92. The number of aryl methyl sites for hydroxylation is 2. The fraction of sp³-hybridized carbons (Fsp3) is 0.400. The Morgan fingerprint density at radius 1 is 1.24 bits per heavy atom. The Morgan fingerprint density at radius 2 is 1.86 bits per heavy atom. The van der Waals surface area contributed by atoms with Gasteiger partial charge in [-0.05, 0) is 37.0 Å². The Bertz CT molecular complexity index is 716. The number of rotatable bonds is 5. The SMILES string of the molecule is Cc1nn(C)cc1NS(=O)(=O)c1ccc(CC(C)C)cc1. The second kappa shape index (κ2) is 5.89. The molecule has 1 aromatic carbocycles. The first-order chi connectivity index (χ1) is 9.78. The summed E-state index contributed by atoms with van der Waals surface area (Å²) >= 11 is 0. The molecule has 0 radical (unpaired) electrons. The smallest absolute Gasteiger partial charge is 0.262 e. The minimum absolute atomic E-state index is 0.262. The Balaban J connectivity index is 2.21. The molecule has 0 amide bonds. The van der Waals surface area contributed by atoms with Crippen molar-refractivity contribution in [1.29, 1.82) is 0 Å². The molecule has 0 saturated heterocycles. The zero-order valence-electron chi connectivity index (χ0n) is 12.8. The summed E-state index contributed by atoms with van der Waals surface area (Å²) in [6, 6.07) is 7.02. The molecule has 5 nitrogen and oxygen atoms in total. The summed E-state index contributed by atoms with van der Waals surface area (Å²) in [6.45, 7) is 6.04. The van der Waals surface area contributed by atoms with E-state index in [1.807, 2.05) is 12.1 Å². The van der Waals surface area contributed by atoms with Crippen LogP contribution in [0.2, 0.25) is 0 Å². The summed E-state index contributed by atoms with van der Waals surface area (Å²) in [6.07, 6.45) is 2.59. The molecule has 1 aromatic heterocycles. The highest BCUT2D eigenvalue weighted by atomic mass is 32.2. The van der Waals surface area contributed by atoms with Crippen LogP contribution in [0.1, 0.15) is 25.1 Å². The minimum atomic E-state index is -3.57. The molecule has 0 bridgehead atoms. The van der Waals surface area contributed by atoms with Crippen molar-refractivity contribution in [2.75, 3.05) is 4.72 Å². The average molecular weight is 307 g/mol. The number of nitrogens with one attached hydrogen (secondary N) is 1. The molecular weight excluding hydrogens is 286 g/mol. The third kappa shape index (κ3) is 3.85. The van der Waals surface area contributed by atoms with Gasteiger partial charge in [0.15, 0.2) is 0 Å². The Hall–Kier alpha value is -1.82. The molecular formula is C15H21N3O2S. The van der Waals surface area contributed by atoms with Crippen molar-refractivity contribution < 1.29 is 8.42 Å². The number of hydrogen-bond acceptors (Lipinski definition) is 3. The number of nitrogens with zero attached hydrogens (tertiary/aromatic N) is 2. The lowest BCUT2D eigenvalue weighted by molar-refractivity contribution is 0.601. The highest BCUT2D eigenvalue weighted by Crippen LogP contribution is 2.19. The van der Waals surface area contributed by atoms with Crippen molar-refractivity contribution in [3.8, 4) is 0 Å². The molecule has 0 spiro atoms. The maximum atomic E-state index is 12.3. The second-order valence-corrected chi connectivity index (χ2v) is 7.33. The van der Waals surface area contributed by atoms with Gasteiger partial charge in [-0.1, -0.05) is 26.0 Å². The molecule has 2 rings (SSSR count). The van der Waals surface area contributed by atoms with Gasteiger partial charge in [-0.2, -0.15) is 5.10 Å². The molecule has 0 aliphatic heterocycles. The maximum absolute atomic E-state index is 12.3. The van der Waals surface area contributed by atoms with Crippen LogP contribution in [0.4, 0.5) is 5.69 Å². The molecule has 1 heterocycles. The maximum Gasteiger partial charge on any atom is 0.262 e. The van der Waals surface area contributed by atoms with E-state index in [9.17, 15) is 8.42 Å². The van der Waals surface area contributed by atoms with Gasteiger partial charge in [0.2, 0.25) is 0 Å².